The Hall–Kier alpha value is -0.630. The minimum absolute atomic E-state index is 0.952. The zero-order chi connectivity index (χ0) is 8.16. The summed E-state index contributed by atoms with van der Waals surface area (Å²) in [6.45, 7) is 6.76. The number of hydrogen-bond acceptors (Lipinski definition) is 1. The molecule has 0 N–H and O–H groups in total. The van der Waals surface area contributed by atoms with E-state index in [1.807, 2.05) is 12.5 Å². The second-order valence-corrected chi connectivity index (χ2v) is 3.06. The largest absolute Gasteiger partial charge is 0.254 e. The molecule has 1 rings (SSSR count). The van der Waals surface area contributed by atoms with Crippen molar-refractivity contribution in [3.63, 3.8) is 0 Å². The Kier molecular flexibility index (Phi) is 2.83. The lowest BCUT2D eigenvalue weighted by atomic mass is 10.3. The van der Waals surface area contributed by atoms with Crippen molar-refractivity contribution >= 4 is 6.34 Å². The van der Waals surface area contributed by atoms with Crippen molar-refractivity contribution < 1.29 is 4.48 Å². The Balaban J connectivity index is 2.47. The van der Waals surface area contributed by atoms with Crippen LogP contribution < -0.4 is 0 Å². The molecule has 0 fully saturated rings. The minimum atomic E-state index is 0.952. The van der Waals surface area contributed by atoms with Gasteiger partial charge >= 0.3 is 0 Å². The van der Waals surface area contributed by atoms with Gasteiger partial charge in [-0.3, -0.25) is 4.48 Å². The number of nitrogens with zero attached hydrogens (tertiary/aromatic N) is 2. The molecule has 0 saturated heterocycles. The number of unbranched alkanes of at least 4 members (excludes halogenated alkanes) is 1. The van der Waals surface area contributed by atoms with Crippen molar-refractivity contribution in [1.82, 2.24) is 0 Å². The fourth-order valence-electron chi connectivity index (χ4n) is 1.31. The molecule has 62 valence electrons. The molecule has 0 radical (unpaired) electrons. The van der Waals surface area contributed by atoms with Crippen LogP contribution in [0.25, 0.3) is 0 Å². The van der Waals surface area contributed by atoms with Gasteiger partial charge in [0.05, 0.1) is 19.3 Å². The van der Waals surface area contributed by atoms with Crippen molar-refractivity contribution in [3.05, 3.63) is 12.4 Å². The van der Waals surface area contributed by atoms with Crippen LogP contribution in [0, 0.1) is 0 Å². The third kappa shape index (κ3) is 1.90. The van der Waals surface area contributed by atoms with E-state index >= 15 is 0 Å². The zero-order valence-electron chi connectivity index (χ0n) is 7.45. The molecule has 0 aromatic carbocycles. The van der Waals surface area contributed by atoms with Crippen LogP contribution in [0.1, 0.15) is 26.7 Å². The van der Waals surface area contributed by atoms with Crippen LogP contribution in [0.3, 0.4) is 0 Å². The monoisotopic (exact) mass is 153 g/mol. The summed E-state index contributed by atoms with van der Waals surface area (Å²) in [7, 11) is 0. The Labute approximate surface area is 68.8 Å². The SMILES string of the molecule is CCCC[N+]1(CC)C=CN=C1. The molecule has 1 aliphatic rings. The van der Waals surface area contributed by atoms with E-state index in [-0.39, 0.29) is 0 Å². The fourth-order valence-corrected chi connectivity index (χ4v) is 1.31. The number of quaternary nitrogens is 1. The normalized spacial score (nSPS) is 28.2. The van der Waals surface area contributed by atoms with Gasteiger partial charge in [0.1, 0.15) is 6.20 Å². The second kappa shape index (κ2) is 3.67. The maximum atomic E-state index is 4.13. The third-order valence-corrected chi connectivity index (χ3v) is 2.26. The quantitative estimate of drug-likeness (QED) is 0.549. The lowest BCUT2D eigenvalue weighted by Gasteiger charge is -2.25. The minimum Gasteiger partial charge on any atom is -0.254 e. The van der Waals surface area contributed by atoms with E-state index in [4.69, 9.17) is 0 Å². The highest BCUT2D eigenvalue weighted by molar-refractivity contribution is 5.50. The molecule has 1 atom stereocenters. The van der Waals surface area contributed by atoms with Gasteiger partial charge in [0.15, 0.2) is 6.34 Å². The third-order valence-electron chi connectivity index (χ3n) is 2.26. The molecular formula is C9H17N2+. The van der Waals surface area contributed by atoms with Gasteiger partial charge in [0, 0.05) is 0 Å². The predicted octanol–water partition coefficient (Wildman–Crippen LogP) is 2.14. The van der Waals surface area contributed by atoms with Gasteiger partial charge in [-0.25, -0.2) is 4.99 Å². The van der Waals surface area contributed by atoms with Gasteiger partial charge in [-0.15, -0.1) is 0 Å². The second-order valence-electron chi connectivity index (χ2n) is 3.06. The summed E-state index contributed by atoms with van der Waals surface area (Å²) in [6, 6.07) is 0. The summed E-state index contributed by atoms with van der Waals surface area (Å²) in [5.74, 6) is 0. The first-order chi connectivity index (χ1) is 5.33. The summed E-state index contributed by atoms with van der Waals surface area (Å²) >= 11 is 0. The average molecular weight is 153 g/mol. The molecule has 0 amide bonds. The molecule has 2 nitrogen and oxygen atoms in total. The predicted molar refractivity (Wildman–Crippen MR) is 48.2 cm³/mol. The molecule has 1 heterocycles. The fraction of sp³-hybridized carbons (Fsp3) is 0.667. The van der Waals surface area contributed by atoms with E-state index in [1.165, 1.54) is 19.4 Å². The van der Waals surface area contributed by atoms with E-state index in [9.17, 15) is 0 Å². The highest BCUT2D eigenvalue weighted by Crippen LogP contribution is 2.11. The highest BCUT2D eigenvalue weighted by Gasteiger charge is 2.21. The van der Waals surface area contributed by atoms with Crippen molar-refractivity contribution in [3.8, 4) is 0 Å². The Morgan fingerprint density at radius 2 is 2.18 bits per heavy atom. The Bertz CT molecular complexity index is 158. The standard InChI is InChI=1S/C9H17N2/c1-3-5-7-11(4-2)8-6-10-9-11/h6,8-9H,3-5,7H2,1-2H3/q+1. The van der Waals surface area contributed by atoms with Crippen LogP contribution >= 0.6 is 0 Å². The molecule has 0 aromatic rings. The topological polar surface area (TPSA) is 12.4 Å². The van der Waals surface area contributed by atoms with Gasteiger partial charge in [-0.05, 0) is 13.3 Å². The van der Waals surface area contributed by atoms with Crippen molar-refractivity contribution in [2.75, 3.05) is 13.1 Å². The molecule has 0 aromatic heterocycles. The maximum Gasteiger partial charge on any atom is 0.194 e. The molecule has 1 aliphatic heterocycles. The number of rotatable bonds is 4. The molecule has 2 heteroatoms. The average Bonchev–Trinajstić information content (AvgIpc) is 2.50. The van der Waals surface area contributed by atoms with E-state index in [0.717, 1.165) is 11.0 Å². The van der Waals surface area contributed by atoms with Gasteiger partial charge in [-0.1, -0.05) is 13.3 Å². The zero-order valence-corrected chi connectivity index (χ0v) is 7.45. The first kappa shape index (κ1) is 8.47. The molecular weight excluding hydrogens is 136 g/mol. The van der Waals surface area contributed by atoms with Crippen molar-refractivity contribution in [2.24, 2.45) is 4.99 Å². The van der Waals surface area contributed by atoms with Crippen LogP contribution in [0.4, 0.5) is 0 Å². The first-order valence-corrected chi connectivity index (χ1v) is 4.41. The lowest BCUT2D eigenvalue weighted by Crippen LogP contribution is -2.40. The molecule has 0 saturated carbocycles. The maximum absolute atomic E-state index is 4.13. The van der Waals surface area contributed by atoms with Crippen molar-refractivity contribution in [2.45, 2.75) is 26.7 Å². The van der Waals surface area contributed by atoms with Crippen LogP contribution in [-0.2, 0) is 0 Å². The van der Waals surface area contributed by atoms with Gasteiger partial charge < -0.3 is 0 Å². The van der Waals surface area contributed by atoms with Crippen molar-refractivity contribution in [1.29, 1.82) is 0 Å². The smallest absolute Gasteiger partial charge is 0.194 e. The highest BCUT2D eigenvalue weighted by atomic mass is 15.4. The van der Waals surface area contributed by atoms with Crippen LogP contribution in [-0.4, -0.2) is 23.9 Å². The Morgan fingerprint density at radius 3 is 2.64 bits per heavy atom. The van der Waals surface area contributed by atoms with Gasteiger partial charge in [-0.2, -0.15) is 0 Å². The number of aliphatic imine (C=N–C) groups is 1. The van der Waals surface area contributed by atoms with Crippen LogP contribution in [0.15, 0.2) is 17.4 Å². The van der Waals surface area contributed by atoms with E-state index in [0.29, 0.717) is 0 Å². The van der Waals surface area contributed by atoms with Gasteiger partial charge in [0.2, 0.25) is 0 Å². The summed E-state index contributed by atoms with van der Waals surface area (Å²) < 4.78 is 0.952. The molecule has 11 heavy (non-hydrogen) atoms. The van der Waals surface area contributed by atoms with Crippen LogP contribution in [0.5, 0.6) is 0 Å². The van der Waals surface area contributed by atoms with Crippen LogP contribution in [0.2, 0.25) is 0 Å². The molecule has 0 spiro atoms. The molecule has 0 bridgehead atoms. The van der Waals surface area contributed by atoms with Gasteiger partial charge in [0.25, 0.3) is 0 Å². The summed E-state index contributed by atoms with van der Waals surface area (Å²) in [5.41, 5.74) is 0. The molecule has 0 aliphatic carbocycles. The Morgan fingerprint density at radius 1 is 1.36 bits per heavy atom. The molecule has 1 unspecified atom stereocenters. The van der Waals surface area contributed by atoms with E-state index in [2.05, 4.69) is 25.0 Å². The van der Waals surface area contributed by atoms with E-state index < -0.39 is 0 Å². The summed E-state index contributed by atoms with van der Waals surface area (Å²) in [6.07, 6.45) is 8.66. The number of hydrogen-bond donors (Lipinski definition) is 0. The van der Waals surface area contributed by atoms with E-state index in [1.54, 1.807) is 0 Å². The lowest BCUT2D eigenvalue weighted by molar-refractivity contribution is -0.777. The first-order valence-electron chi connectivity index (χ1n) is 4.41. The summed E-state index contributed by atoms with van der Waals surface area (Å²) in [5, 5.41) is 0. The summed E-state index contributed by atoms with van der Waals surface area (Å²) in [4.78, 5) is 4.13.